The summed E-state index contributed by atoms with van der Waals surface area (Å²) in [6.45, 7) is 5.48. The molecule has 9 nitrogen and oxygen atoms in total. The minimum atomic E-state index is -4.12. The Morgan fingerprint density at radius 1 is 1.09 bits per heavy atom. The molecule has 0 unspecified atom stereocenters. The molecule has 1 rings (SSSR count). The first kappa shape index (κ1) is 19.6. The third kappa shape index (κ3) is 4.28. The summed E-state index contributed by atoms with van der Waals surface area (Å²) in [5.74, 6) is 0. The van der Waals surface area contributed by atoms with Gasteiger partial charge in [-0.05, 0) is 20.8 Å². The molecule has 0 saturated heterocycles. The molecule has 1 aromatic heterocycles. The average Bonchev–Trinajstić information content (AvgIpc) is 2.49. The molecule has 0 radical (unpaired) electrons. The summed E-state index contributed by atoms with van der Waals surface area (Å²) < 4.78 is 39.6. The van der Waals surface area contributed by atoms with Crippen LogP contribution in [0.4, 0.5) is 0 Å². The first-order chi connectivity index (χ1) is 10.7. The summed E-state index contributed by atoms with van der Waals surface area (Å²) in [6.07, 6.45) is -0.753. The molecule has 0 amide bonds. The maximum absolute atomic E-state index is 12.5. The van der Waals surface area contributed by atoms with E-state index in [4.69, 9.17) is 9.47 Å². The van der Waals surface area contributed by atoms with Crippen molar-refractivity contribution >= 4 is 10.0 Å². The van der Waals surface area contributed by atoms with E-state index >= 15 is 0 Å². The highest BCUT2D eigenvalue weighted by atomic mass is 32.2. The lowest BCUT2D eigenvalue weighted by molar-refractivity contribution is -0.130. The summed E-state index contributed by atoms with van der Waals surface area (Å²) in [7, 11) is -1.49. The number of hydrogen-bond donors (Lipinski definition) is 1. The van der Waals surface area contributed by atoms with Gasteiger partial charge in [0.1, 0.15) is 0 Å². The molecule has 0 aliphatic rings. The molecule has 0 spiro atoms. The Kier molecular flexibility index (Phi) is 6.69. The van der Waals surface area contributed by atoms with Crippen LogP contribution in [0.15, 0.2) is 14.5 Å². The summed E-state index contributed by atoms with van der Waals surface area (Å²) in [5.41, 5.74) is -1.40. The van der Waals surface area contributed by atoms with Crippen LogP contribution in [-0.2, 0) is 33.6 Å². The van der Waals surface area contributed by atoms with Crippen LogP contribution in [0.3, 0.4) is 0 Å². The van der Waals surface area contributed by atoms with Gasteiger partial charge in [-0.1, -0.05) is 0 Å². The van der Waals surface area contributed by atoms with E-state index in [-0.39, 0.29) is 12.2 Å². The summed E-state index contributed by atoms with van der Waals surface area (Å²) in [6, 6.07) is 0. The van der Waals surface area contributed by atoms with E-state index in [9.17, 15) is 18.0 Å². The van der Waals surface area contributed by atoms with Crippen molar-refractivity contribution in [1.29, 1.82) is 0 Å². The van der Waals surface area contributed by atoms with Crippen molar-refractivity contribution in [2.24, 2.45) is 14.1 Å². The summed E-state index contributed by atoms with van der Waals surface area (Å²) >= 11 is 0. The van der Waals surface area contributed by atoms with Gasteiger partial charge in [0.2, 0.25) is 10.0 Å². The van der Waals surface area contributed by atoms with Gasteiger partial charge >= 0.3 is 5.69 Å². The highest BCUT2D eigenvalue weighted by Gasteiger charge is 2.26. The van der Waals surface area contributed by atoms with Crippen LogP contribution >= 0.6 is 0 Å². The van der Waals surface area contributed by atoms with Gasteiger partial charge in [-0.15, -0.1) is 0 Å². The topological polar surface area (TPSA) is 109 Å². The van der Waals surface area contributed by atoms with Crippen LogP contribution < -0.4 is 16.0 Å². The van der Waals surface area contributed by atoms with Crippen molar-refractivity contribution < 1.29 is 17.9 Å². The molecule has 0 bridgehead atoms. The molecule has 0 aromatic carbocycles. The second-order valence-electron chi connectivity index (χ2n) is 4.81. The van der Waals surface area contributed by atoms with Gasteiger partial charge in [-0.3, -0.25) is 13.9 Å². The number of hydrogen-bond acceptors (Lipinski definition) is 6. The minimum absolute atomic E-state index is 0.0648. The number of sulfonamides is 1. The van der Waals surface area contributed by atoms with E-state index in [1.165, 1.54) is 21.0 Å². The molecule has 0 aliphatic heterocycles. The number of nitrogens with zero attached hydrogens (tertiary/aromatic N) is 2. The molecule has 1 heterocycles. The van der Waals surface area contributed by atoms with Crippen molar-refractivity contribution in [2.45, 2.75) is 32.0 Å². The zero-order valence-corrected chi connectivity index (χ0v) is 14.8. The van der Waals surface area contributed by atoms with Gasteiger partial charge in [-0.25, -0.2) is 17.9 Å². The zero-order chi connectivity index (χ0) is 17.8. The predicted molar refractivity (Wildman–Crippen MR) is 83.9 cm³/mol. The highest BCUT2D eigenvalue weighted by Crippen LogP contribution is 2.07. The average molecular weight is 349 g/mol. The quantitative estimate of drug-likeness (QED) is 0.608. The molecule has 0 aliphatic carbocycles. The largest absolute Gasteiger partial charge is 0.352 e. The molecule has 23 heavy (non-hydrogen) atoms. The molecule has 132 valence electrons. The molecule has 0 fully saturated rings. The predicted octanol–water partition coefficient (Wildman–Crippen LogP) is -0.930. The van der Waals surface area contributed by atoms with E-state index in [0.29, 0.717) is 13.2 Å². The second kappa shape index (κ2) is 7.86. The lowest BCUT2D eigenvalue weighted by Gasteiger charge is -2.18. The molecular weight excluding hydrogens is 326 g/mol. The van der Waals surface area contributed by atoms with Gasteiger partial charge in [0.25, 0.3) is 5.56 Å². The third-order valence-corrected chi connectivity index (χ3v) is 4.87. The lowest BCUT2D eigenvalue weighted by Crippen LogP contribution is -2.44. The normalized spacial score (nSPS) is 12.1. The van der Waals surface area contributed by atoms with E-state index < -0.39 is 32.5 Å². The van der Waals surface area contributed by atoms with Gasteiger partial charge in [0.15, 0.2) is 11.2 Å². The van der Waals surface area contributed by atoms with Gasteiger partial charge in [0.05, 0.1) is 6.54 Å². The molecule has 0 saturated carbocycles. The Bertz CT molecular complexity index is 759. The number of ether oxygens (including phenoxy) is 2. The number of nitrogens with one attached hydrogen (secondary N) is 1. The molecule has 10 heteroatoms. The van der Waals surface area contributed by atoms with Crippen LogP contribution in [0.25, 0.3) is 0 Å². The lowest BCUT2D eigenvalue weighted by atomic mass is 10.4. The smallest absolute Gasteiger partial charge is 0.330 e. The fraction of sp³-hybridized carbons (Fsp3) is 0.692. The first-order valence-corrected chi connectivity index (χ1v) is 8.65. The maximum Gasteiger partial charge on any atom is 0.330 e. The zero-order valence-electron chi connectivity index (χ0n) is 14.0. The molecule has 1 N–H and O–H groups in total. The summed E-state index contributed by atoms with van der Waals surface area (Å²) in [5, 5.41) is 0. The van der Waals surface area contributed by atoms with Crippen LogP contribution in [0.2, 0.25) is 0 Å². The second-order valence-corrected chi connectivity index (χ2v) is 6.52. The van der Waals surface area contributed by atoms with E-state index in [1.54, 1.807) is 13.8 Å². The van der Waals surface area contributed by atoms with Crippen molar-refractivity contribution in [1.82, 2.24) is 13.9 Å². The van der Waals surface area contributed by atoms with Gasteiger partial charge in [0, 0.05) is 33.0 Å². The van der Waals surface area contributed by atoms with E-state index in [1.807, 2.05) is 0 Å². The van der Waals surface area contributed by atoms with E-state index in [0.717, 1.165) is 9.13 Å². The molecular formula is C13H23N3O6S. The van der Waals surface area contributed by atoms with E-state index in [2.05, 4.69) is 4.72 Å². The maximum atomic E-state index is 12.5. The van der Waals surface area contributed by atoms with Crippen molar-refractivity contribution in [2.75, 3.05) is 19.8 Å². The minimum Gasteiger partial charge on any atom is -0.352 e. The monoisotopic (exact) mass is 349 g/mol. The van der Waals surface area contributed by atoms with Crippen molar-refractivity contribution in [3.63, 3.8) is 0 Å². The van der Waals surface area contributed by atoms with Crippen molar-refractivity contribution in [3.8, 4) is 0 Å². The third-order valence-electron chi connectivity index (χ3n) is 3.32. The fourth-order valence-electron chi connectivity index (χ4n) is 2.01. The Morgan fingerprint density at radius 2 is 1.61 bits per heavy atom. The Balaban J connectivity index is 3.20. The summed E-state index contributed by atoms with van der Waals surface area (Å²) in [4.78, 5) is 23.5. The van der Waals surface area contributed by atoms with Crippen LogP contribution in [0.5, 0.6) is 0 Å². The molecule has 0 atom stereocenters. The van der Waals surface area contributed by atoms with Crippen molar-refractivity contribution in [3.05, 3.63) is 26.5 Å². The Hall–Kier alpha value is -1.49. The van der Waals surface area contributed by atoms with Crippen LogP contribution in [0.1, 0.15) is 19.5 Å². The highest BCUT2D eigenvalue weighted by molar-refractivity contribution is 7.89. The fourth-order valence-corrected chi connectivity index (χ4v) is 3.40. The Labute approximate surface area is 134 Å². The van der Waals surface area contributed by atoms with Crippen LogP contribution in [0, 0.1) is 6.92 Å². The number of aromatic nitrogens is 2. The Morgan fingerprint density at radius 3 is 2.09 bits per heavy atom. The SMILES string of the molecule is CCOC(CNS(=O)(=O)c1c(C)n(C)c(=O)n(C)c1=O)OCC. The standard InChI is InChI=1S/C13H23N3O6S/c1-6-21-10(22-7-2)8-14-23(19,20)11-9(3)15(4)13(18)16(5)12(11)17/h10,14H,6-8H2,1-5H3. The number of rotatable bonds is 8. The van der Waals surface area contributed by atoms with Gasteiger partial charge in [-0.2, -0.15) is 0 Å². The van der Waals surface area contributed by atoms with Gasteiger partial charge < -0.3 is 9.47 Å². The van der Waals surface area contributed by atoms with Crippen LogP contribution in [-0.4, -0.2) is 43.6 Å². The molecule has 1 aromatic rings. The first-order valence-electron chi connectivity index (χ1n) is 7.16.